The van der Waals surface area contributed by atoms with E-state index in [0.717, 1.165) is 12.1 Å². The molecule has 5 heteroatoms. The maximum atomic E-state index is 12.4. The molecule has 0 heterocycles. The molecule has 0 aliphatic rings. The van der Waals surface area contributed by atoms with Crippen molar-refractivity contribution in [3.63, 3.8) is 0 Å². The molecule has 1 aromatic carbocycles. The lowest BCUT2D eigenvalue weighted by atomic mass is 9.80. The normalized spacial score (nSPS) is 16.7. The smallest absolute Gasteiger partial charge is 0.387 e. The lowest BCUT2D eigenvalue weighted by molar-refractivity contribution is -0.137. The van der Waals surface area contributed by atoms with Gasteiger partial charge in [0.25, 0.3) is 0 Å². The molecule has 0 aliphatic carbocycles. The molecule has 0 saturated carbocycles. The maximum Gasteiger partial charge on any atom is 0.416 e. The topological polar surface area (TPSA) is 44.0 Å². The number of hydrogen-bond donors (Lipinski definition) is 1. The Morgan fingerprint density at radius 1 is 1.28 bits per heavy atom. The second-order valence-corrected chi connectivity index (χ2v) is 4.41. The predicted molar refractivity (Wildman–Crippen MR) is 60.4 cm³/mol. The van der Waals surface area contributed by atoms with E-state index in [1.54, 1.807) is 13.8 Å². The summed E-state index contributed by atoms with van der Waals surface area (Å²) in [6.07, 6.45) is -5.09. The highest BCUT2D eigenvalue weighted by molar-refractivity contribution is 5.28. The van der Waals surface area contributed by atoms with Gasteiger partial charge in [-0.05, 0) is 31.0 Å². The van der Waals surface area contributed by atoms with Crippen molar-refractivity contribution < 1.29 is 18.3 Å². The zero-order valence-corrected chi connectivity index (χ0v) is 10.1. The highest BCUT2D eigenvalue weighted by Crippen LogP contribution is 2.37. The fourth-order valence-electron chi connectivity index (χ4n) is 1.56. The molecule has 1 aromatic rings. The molecular formula is C13H14F3NO. The number of benzene rings is 1. The molecule has 0 fully saturated rings. The van der Waals surface area contributed by atoms with Crippen LogP contribution in [-0.4, -0.2) is 5.11 Å². The van der Waals surface area contributed by atoms with Crippen molar-refractivity contribution in [3.8, 4) is 6.07 Å². The number of aliphatic hydroxyl groups excluding tert-OH is 1. The highest BCUT2D eigenvalue weighted by Gasteiger charge is 2.34. The van der Waals surface area contributed by atoms with Crippen LogP contribution in [0.15, 0.2) is 24.3 Å². The average Bonchev–Trinajstić information content (AvgIpc) is 2.36. The van der Waals surface area contributed by atoms with Gasteiger partial charge in [0.1, 0.15) is 0 Å². The van der Waals surface area contributed by atoms with Crippen LogP contribution in [0.3, 0.4) is 0 Å². The number of halogens is 3. The molecule has 2 atom stereocenters. The Morgan fingerprint density at radius 2 is 1.78 bits per heavy atom. The van der Waals surface area contributed by atoms with Gasteiger partial charge in [-0.15, -0.1) is 0 Å². The van der Waals surface area contributed by atoms with Crippen molar-refractivity contribution >= 4 is 0 Å². The molecule has 0 bridgehead atoms. The minimum Gasteiger partial charge on any atom is -0.387 e. The minimum atomic E-state index is -4.40. The van der Waals surface area contributed by atoms with Crippen molar-refractivity contribution in [2.75, 3.05) is 0 Å². The van der Waals surface area contributed by atoms with Crippen molar-refractivity contribution in [3.05, 3.63) is 35.4 Å². The van der Waals surface area contributed by atoms with Crippen LogP contribution in [0.4, 0.5) is 13.2 Å². The molecule has 0 radical (unpaired) electrons. The van der Waals surface area contributed by atoms with E-state index in [9.17, 15) is 18.3 Å². The first kappa shape index (κ1) is 14.5. The first-order valence-corrected chi connectivity index (χ1v) is 5.51. The summed E-state index contributed by atoms with van der Waals surface area (Å²) >= 11 is 0. The minimum absolute atomic E-state index is 0.314. The molecule has 1 rings (SSSR count). The van der Waals surface area contributed by atoms with Crippen LogP contribution in [-0.2, 0) is 6.18 Å². The molecule has 0 aliphatic heterocycles. The van der Waals surface area contributed by atoms with Crippen LogP contribution in [0.25, 0.3) is 0 Å². The zero-order valence-electron chi connectivity index (χ0n) is 10.1. The Hall–Kier alpha value is -1.54. The van der Waals surface area contributed by atoms with Crippen molar-refractivity contribution in [1.82, 2.24) is 0 Å². The lowest BCUT2D eigenvalue weighted by Gasteiger charge is -2.26. The van der Waals surface area contributed by atoms with Gasteiger partial charge >= 0.3 is 6.18 Å². The molecule has 98 valence electrons. The van der Waals surface area contributed by atoms with E-state index < -0.39 is 23.3 Å². The Bertz CT molecular complexity index is 447. The van der Waals surface area contributed by atoms with Crippen LogP contribution in [0.1, 0.15) is 37.5 Å². The predicted octanol–water partition coefficient (Wildman–Crippen LogP) is 3.68. The van der Waals surface area contributed by atoms with Gasteiger partial charge in [0.2, 0.25) is 0 Å². The van der Waals surface area contributed by atoms with E-state index in [1.165, 1.54) is 12.1 Å². The Morgan fingerprint density at radius 3 is 2.11 bits per heavy atom. The first-order valence-electron chi connectivity index (χ1n) is 5.51. The third-order valence-corrected chi connectivity index (χ3v) is 3.15. The van der Waals surface area contributed by atoms with E-state index in [4.69, 9.17) is 5.26 Å². The molecule has 0 spiro atoms. The van der Waals surface area contributed by atoms with Gasteiger partial charge in [0.15, 0.2) is 0 Å². The molecule has 0 saturated heterocycles. The summed E-state index contributed by atoms with van der Waals surface area (Å²) in [6, 6.07) is 6.23. The number of hydrogen-bond acceptors (Lipinski definition) is 2. The van der Waals surface area contributed by atoms with Gasteiger partial charge in [-0.2, -0.15) is 18.4 Å². The summed E-state index contributed by atoms with van der Waals surface area (Å²) in [7, 11) is 0. The molecule has 2 nitrogen and oxygen atoms in total. The molecule has 2 unspecified atom stereocenters. The molecule has 0 amide bonds. The summed E-state index contributed by atoms with van der Waals surface area (Å²) in [6.45, 7) is 3.33. The Balaban J connectivity index is 3.03. The monoisotopic (exact) mass is 257 g/mol. The number of nitrogens with zero attached hydrogens (tertiary/aromatic N) is 1. The van der Waals surface area contributed by atoms with E-state index in [2.05, 4.69) is 0 Å². The van der Waals surface area contributed by atoms with Crippen LogP contribution in [0.2, 0.25) is 0 Å². The van der Waals surface area contributed by atoms with Gasteiger partial charge in [-0.25, -0.2) is 0 Å². The summed E-state index contributed by atoms with van der Waals surface area (Å²) < 4.78 is 37.1. The number of nitriles is 1. The third-order valence-electron chi connectivity index (χ3n) is 3.15. The quantitative estimate of drug-likeness (QED) is 0.897. The number of alkyl halides is 3. The standard InChI is InChI=1S/C13H14F3NO/c1-3-12(2,8-17)11(18)9-4-6-10(7-5-9)13(14,15)16/h4-7,11,18H,3H2,1-2H3. The highest BCUT2D eigenvalue weighted by atomic mass is 19.4. The molecule has 0 aromatic heterocycles. The van der Waals surface area contributed by atoms with E-state index in [0.29, 0.717) is 12.0 Å². The largest absolute Gasteiger partial charge is 0.416 e. The molecule has 1 N–H and O–H groups in total. The number of rotatable bonds is 3. The van der Waals surface area contributed by atoms with Gasteiger partial charge in [0.05, 0.1) is 23.2 Å². The number of aliphatic hydroxyl groups is 1. The molecule has 18 heavy (non-hydrogen) atoms. The van der Waals surface area contributed by atoms with E-state index >= 15 is 0 Å². The summed E-state index contributed by atoms with van der Waals surface area (Å²) in [4.78, 5) is 0. The van der Waals surface area contributed by atoms with Crippen molar-refractivity contribution in [1.29, 1.82) is 5.26 Å². The van der Waals surface area contributed by atoms with Gasteiger partial charge in [0, 0.05) is 0 Å². The van der Waals surface area contributed by atoms with Gasteiger partial charge < -0.3 is 5.11 Å². The SMILES string of the molecule is CCC(C)(C#N)C(O)c1ccc(C(F)(F)F)cc1. The van der Waals surface area contributed by atoms with Crippen LogP contribution < -0.4 is 0 Å². The van der Waals surface area contributed by atoms with E-state index in [-0.39, 0.29) is 0 Å². The van der Waals surface area contributed by atoms with Crippen molar-refractivity contribution in [2.24, 2.45) is 5.41 Å². The average molecular weight is 257 g/mol. The van der Waals surface area contributed by atoms with Crippen LogP contribution in [0.5, 0.6) is 0 Å². The Kier molecular flexibility index (Phi) is 4.02. The maximum absolute atomic E-state index is 12.4. The van der Waals surface area contributed by atoms with Crippen molar-refractivity contribution in [2.45, 2.75) is 32.5 Å². The van der Waals surface area contributed by atoms with E-state index in [1.807, 2.05) is 6.07 Å². The second-order valence-electron chi connectivity index (χ2n) is 4.41. The first-order chi connectivity index (χ1) is 8.24. The summed E-state index contributed by atoms with van der Waals surface area (Å²) in [5.74, 6) is 0. The van der Waals surface area contributed by atoms with Crippen LogP contribution >= 0.6 is 0 Å². The Labute approximate surface area is 104 Å². The fraction of sp³-hybridized carbons (Fsp3) is 0.462. The zero-order chi connectivity index (χ0) is 14.0. The van der Waals surface area contributed by atoms with Gasteiger partial charge in [-0.1, -0.05) is 19.1 Å². The van der Waals surface area contributed by atoms with Gasteiger partial charge in [-0.3, -0.25) is 0 Å². The third kappa shape index (κ3) is 2.82. The summed E-state index contributed by atoms with van der Waals surface area (Å²) in [5, 5.41) is 19.0. The summed E-state index contributed by atoms with van der Waals surface area (Å²) in [5.41, 5.74) is -1.46. The van der Waals surface area contributed by atoms with Crippen LogP contribution in [0, 0.1) is 16.7 Å². The lowest BCUT2D eigenvalue weighted by Crippen LogP contribution is -2.23. The molecular weight excluding hydrogens is 243 g/mol. The fourth-order valence-corrected chi connectivity index (χ4v) is 1.56. The second kappa shape index (κ2) is 4.99.